The third kappa shape index (κ3) is 4.13. The molecule has 0 aliphatic carbocycles. The van der Waals surface area contributed by atoms with Gasteiger partial charge in [-0.1, -0.05) is 13.8 Å². The number of rotatable bonds is 6. The summed E-state index contributed by atoms with van der Waals surface area (Å²) in [6.45, 7) is 7.62. The number of anilines is 1. The zero-order chi connectivity index (χ0) is 14.4. The van der Waals surface area contributed by atoms with Crippen LogP contribution in [0.25, 0.3) is 0 Å². The smallest absolute Gasteiger partial charge is 0.242 e. The normalized spacial score (nSPS) is 17.4. The largest absolute Gasteiger partial charge is 0.353 e. The minimum Gasteiger partial charge on any atom is -0.353 e. The first-order valence-corrected chi connectivity index (χ1v) is 7.87. The number of aromatic nitrogens is 3. The molecule has 0 aromatic carbocycles. The molecule has 1 N–H and O–H groups in total. The van der Waals surface area contributed by atoms with E-state index in [1.165, 1.54) is 32.4 Å². The average molecular weight is 277 g/mol. The van der Waals surface area contributed by atoms with Gasteiger partial charge in [-0.05, 0) is 58.2 Å². The number of nitrogens with zero attached hydrogens (tertiary/aromatic N) is 4. The van der Waals surface area contributed by atoms with E-state index in [2.05, 4.69) is 46.3 Å². The van der Waals surface area contributed by atoms with E-state index in [1.54, 1.807) is 0 Å². The molecule has 1 aromatic rings. The van der Waals surface area contributed by atoms with Gasteiger partial charge in [0.2, 0.25) is 5.95 Å². The molecule has 112 valence electrons. The molecule has 20 heavy (non-hydrogen) atoms. The number of piperidine rings is 1. The number of aryl methyl sites for hydroxylation is 2. The van der Waals surface area contributed by atoms with Gasteiger partial charge in [0.05, 0.1) is 11.4 Å². The van der Waals surface area contributed by atoms with Crippen LogP contribution in [-0.2, 0) is 12.8 Å². The van der Waals surface area contributed by atoms with Gasteiger partial charge in [-0.25, -0.2) is 4.98 Å². The number of nitrogens with one attached hydrogen (secondary N) is 1. The van der Waals surface area contributed by atoms with E-state index >= 15 is 0 Å². The molecule has 1 saturated heterocycles. The average Bonchev–Trinajstić information content (AvgIpc) is 2.49. The van der Waals surface area contributed by atoms with Crippen LogP contribution in [0.5, 0.6) is 0 Å². The maximum absolute atomic E-state index is 4.56. The Labute approximate surface area is 122 Å². The van der Waals surface area contributed by atoms with Crippen molar-refractivity contribution in [2.45, 2.75) is 46.0 Å². The van der Waals surface area contributed by atoms with E-state index in [9.17, 15) is 0 Å². The lowest BCUT2D eigenvalue weighted by Crippen LogP contribution is -2.31. The van der Waals surface area contributed by atoms with Crippen molar-refractivity contribution in [2.24, 2.45) is 5.92 Å². The molecule has 2 heterocycles. The summed E-state index contributed by atoms with van der Waals surface area (Å²) in [5.74, 6) is 1.53. The number of hydrogen-bond acceptors (Lipinski definition) is 5. The molecule has 1 aliphatic rings. The Kier molecular flexibility index (Phi) is 5.71. The van der Waals surface area contributed by atoms with Crippen LogP contribution in [0.15, 0.2) is 0 Å². The summed E-state index contributed by atoms with van der Waals surface area (Å²) < 4.78 is 0. The van der Waals surface area contributed by atoms with Gasteiger partial charge < -0.3 is 10.2 Å². The lowest BCUT2D eigenvalue weighted by atomic mass is 9.94. The van der Waals surface area contributed by atoms with Crippen molar-refractivity contribution in [3.05, 3.63) is 11.4 Å². The van der Waals surface area contributed by atoms with Gasteiger partial charge in [0.25, 0.3) is 0 Å². The topological polar surface area (TPSA) is 53.9 Å². The molecule has 0 saturated carbocycles. The van der Waals surface area contributed by atoms with E-state index < -0.39 is 0 Å². The first-order chi connectivity index (χ1) is 9.72. The maximum atomic E-state index is 4.56. The predicted octanol–water partition coefficient (Wildman–Crippen LogP) is 2.14. The van der Waals surface area contributed by atoms with Crippen LogP contribution in [-0.4, -0.2) is 46.8 Å². The molecule has 5 nitrogen and oxygen atoms in total. The summed E-state index contributed by atoms with van der Waals surface area (Å²) in [4.78, 5) is 6.97. The second kappa shape index (κ2) is 7.53. The predicted molar refractivity (Wildman–Crippen MR) is 81.9 cm³/mol. The van der Waals surface area contributed by atoms with Crippen LogP contribution in [0.1, 0.15) is 44.5 Å². The van der Waals surface area contributed by atoms with Gasteiger partial charge in [0.1, 0.15) is 0 Å². The van der Waals surface area contributed by atoms with Crippen molar-refractivity contribution in [1.29, 1.82) is 0 Å². The van der Waals surface area contributed by atoms with Gasteiger partial charge >= 0.3 is 0 Å². The van der Waals surface area contributed by atoms with E-state index in [1.807, 2.05) is 0 Å². The van der Waals surface area contributed by atoms with Gasteiger partial charge in [-0.15, -0.1) is 5.10 Å². The molecule has 1 fully saturated rings. The van der Waals surface area contributed by atoms with E-state index in [0.29, 0.717) is 5.95 Å². The summed E-state index contributed by atoms with van der Waals surface area (Å²) in [5.41, 5.74) is 2.10. The highest BCUT2D eigenvalue weighted by molar-refractivity contribution is 5.25. The molecule has 0 amide bonds. The highest BCUT2D eigenvalue weighted by atomic mass is 15.2. The van der Waals surface area contributed by atoms with Crippen molar-refractivity contribution in [3.63, 3.8) is 0 Å². The third-order valence-electron chi connectivity index (χ3n) is 4.18. The summed E-state index contributed by atoms with van der Waals surface area (Å²) in [7, 11) is 2.20. The Morgan fingerprint density at radius 2 is 1.80 bits per heavy atom. The highest BCUT2D eigenvalue weighted by Gasteiger charge is 2.16. The molecule has 0 radical (unpaired) electrons. The van der Waals surface area contributed by atoms with E-state index in [4.69, 9.17) is 0 Å². The summed E-state index contributed by atoms with van der Waals surface area (Å²) in [5, 5.41) is 11.8. The fourth-order valence-electron chi connectivity index (χ4n) is 2.75. The molecule has 1 aliphatic heterocycles. The zero-order valence-corrected chi connectivity index (χ0v) is 13.0. The van der Waals surface area contributed by atoms with Gasteiger partial charge in [-0.2, -0.15) is 5.10 Å². The molecule has 2 rings (SSSR count). The second-order valence-electron chi connectivity index (χ2n) is 5.70. The van der Waals surface area contributed by atoms with E-state index in [-0.39, 0.29) is 0 Å². The zero-order valence-electron chi connectivity index (χ0n) is 13.0. The Balaban J connectivity index is 1.79. The SMILES string of the molecule is CCc1nnc(NCCC2CCN(C)CC2)nc1CC. The summed E-state index contributed by atoms with van der Waals surface area (Å²) >= 11 is 0. The van der Waals surface area contributed by atoms with Gasteiger partial charge in [0.15, 0.2) is 0 Å². The third-order valence-corrected chi connectivity index (χ3v) is 4.18. The molecular formula is C15H27N5. The Morgan fingerprint density at radius 1 is 1.10 bits per heavy atom. The lowest BCUT2D eigenvalue weighted by molar-refractivity contribution is 0.215. The van der Waals surface area contributed by atoms with Crippen molar-refractivity contribution >= 4 is 5.95 Å². The minimum atomic E-state index is 0.687. The molecule has 1 aromatic heterocycles. The lowest BCUT2D eigenvalue weighted by Gasteiger charge is -2.28. The first kappa shape index (κ1) is 15.2. The van der Waals surface area contributed by atoms with E-state index in [0.717, 1.165) is 36.7 Å². The van der Waals surface area contributed by atoms with Crippen LogP contribution in [0, 0.1) is 5.92 Å². The summed E-state index contributed by atoms with van der Waals surface area (Å²) in [6.07, 6.45) is 5.65. The minimum absolute atomic E-state index is 0.687. The monoisotopic (exact) mass is 277 g/mol. The Hall–Kier alpha value is -1.23. The van der Waals surface area contributed by atoms with Crippen molar-refractivity contribution in [3.8, 4) is 0 Å². The fourth-order valence-corrected chi connectivity index (χ4v) is 2.75. The quantitative estimate of drug-likeness (QED) is 0.863. The Morgan fingerprint density at radius 3 is 2.45 bits per heavy atom. The van der Waals surface area contributed by atoms with Crippen molar-refractivity contribution in [2.75, 3.05) is 32.0 Å². The number of hydrogen-bond donors (Lipinski definition) is 1. The highest BCUT2D eigenvalue weighted by Crippen LogP contribution is 2.19. The van der Waals surface area contributed by atoms with Crippen molar-refractivity contribution < 1.29 is 0 Å². The standard InChI is InChI=1S/C15H27N5/c1-4-13-14(5-2)18-19-15(17-13)16-9-6-12-7-10-20(3)11-8-12/h12H,4-11H2,1-3H3,(H,16,17,19). The van der Waals surface area contributed by atoms with Crippen LogP contribution in [0.2, 0.25) is 0 Å². The molecule has 0 spiro atoms. The molecule has 0 unspecified atom stereocenters. The van der Waals surface area contributed by atoms with Gasteiger partial charge in [-0.3, -0.25) is 0 Å². The van der Waals surface area contributed by atoms with Crippen LogP contribution in [0.3, 0.4) is 0 Å². The fraction of sp³-hybridized carbons (Fsp3) is 0.800. The van der Waals surface area contributed by atoms with Crippen LogP contribution >= 0.6 is 0 Å². The number of likely N-dealkylation sites (tertiary alicyclic amines) is 1. The van der Waals surface area contributed by atoms with Crippen molar-refractivity contribution in [1.82, 2.24) is 20.1 Å². The van der Waals surface area contributed by atoms with Crippen LogP contribution < -0.4 is 5.32 Å². The molecular weight excluding hydrogens is 250 g/mol. The summed E-state index contributed by atoms with van der Waals surface area (Å²) in [6, 6.07) is 0. The maximum Gasteiger partial charge on any atom is 0.242 e. The molecule has 0 atom stereocenters. The van der Waals surface area contributed by atoms with Crippen LogP contribution in [0.4, 0.5) is 5.95 Å². The Bertz CT molecular complexity index is 413. The first-order valence-electron chi connectivity index (χ1n) is 7.87. The van der Waals surface area contributed by atoms with Gasteiger partial charge in [0, 0.05) is 6.54 Å². The second-order valence-corrected chi connectivity index (χ2v) is 5.70. The molecule has 5 heteroatoms. The molecule has 0 bridgehead atoms.